The van der Waals surface area contributed by atoms with Crippen LogP contribution in [0.25, 0.3) is 0 Å². The lowest BCUT2D eigenvalue weighted by molar-refractivity contribution is 0.126. The van der Waals surface area contributed by atoms with E-state index in [1.54, 1.807) is 0 Å². The molecular formula is C15H26BrN3O. The number of ether oxygens (including phenoxy) is 1. The summed E-state index contributed by atoms with van der Waals surface area (Å²) in [5, 5.41) is 3.46. The maximum atomic E-state index is 5.54. The SMILES string of the molecule is CCOCC(Nc1cc(Br)nc(C(C)(C)C)n1)C(C)C. The highest BCUT2D eigenvalue weighted by molar-refractivity contribution is 9.10. The Kier molecular flexibility index (Phi) is 6.40. The number of rotatable bonds is 6. The molecule has 1 rings (SSSR count). The molecule has 1 aromatic rings. The minimum absolute atomic E-state index is 0.0759. The second-order valence-corrected chi connectivity index (χ2v) is 7.12. The van der Waals surface area contributed by atoms with E-state index in [1.165, 1.54) is 0 Å². The third-order valence-electron chi connectivity index (χ3n) is 3.01. The molecule has 0 fully saturated rings. The standard InChI is InChI=1S/C15H26BrN3O/c1-7-20-9-11(10(2)3)17-13-8-12(16)18-14(19-13)15(4,5)6/h8,10-11H,7,9H2,1-6H3,(H,17,18,19). The molecule has 0 aliphatic heterocycles. The van der Waals surface area contributed by atoms with Gasteiger partial charge in [0, 0.05) is 18.1 Å². The normalized spacial score (nSPS) is 13.6. The Morgan fingerprint density at radius 1 is 1.30 bits per heavy atom. The van der Waals surface area contributed by atoms with Crippen molar-refractivity contribution in [3.63, 3.8) is 0 Å². The van der Waals surface area contributed by atoms with Crippen LogP contribution in [0.15, 0.2) is 10.7 Å². The van der Waals surface area contributed by atoms with Crippen LogP contribution in [0.2, 0.25) is 0 Å². The molecule has 0 aromatic carbocycles. The number of halogens is 1. The molecule has 5 heteroatoms. The van der Waals surface area contributed by atoms with Crippen LogP contribution in [0, 0.1) is 5.92 Å². The number of anilines is 1. The lowest BCUT2D eigenvalue weighted by Gasteiger charge is -2.24. The van der Waals surface area contributed by atoms with Gasteiger partial charge in [-0.05, 0) is 28.8 Å². The lowest BCUT2D eigenvalue weighted by Crippen LogP contribution is -2.32. The summed E-state index contributed by atoms with van der Waals surface area (Å²) in [5.74, 6) is 2.14. The molecule has 1 atom stereocenters. The van der Waals surface area contributed by atoms with Crippen molar-refractivity contribution in [2.75, 3.05) is 18.5 Å². The fourth-order valence-corrected chi connectivity index (χ4v) is 2.05. The number of nitrogens with one attached hydrogen (secondary N) is 1. The third kappa shape index (κ3) is 5.37. The van der Waals surface area contributed by atoms with Crippen LogP contribution in [0.5, 0.6) is 0 Å². The molecule has 20 heavy (non-hydrogen) atoms. The Labute approximate surface area is 130 Å². The highest BCUT2D eigenvalue weighted by Crippen LogP contribution is 2.23. The number of aromatic nitrogens is 2. The summed E-state index contributed by atoms with van der Waals surface area (Å²) in [7, 11) is 0. The minimum atomic E-state index is -0.0759. The van der Waals surface area contributed by atoms with Crippen LogP contribution < -0.4 is 5.32 Å². The second-order valence-electron chi connectivity index (χ2n) is 6.30. The molecule has 1 aromatic heterocycles. The minimum Gasteiger partial charge on any atom is -0.380 e. The Hall–Kier alpha value is -0.680. The molecule has 0 saturated heterocycles. The molecule has 4 nitrogen and oxygen atoms in total. The van der Waals surface area contributed by atoms with E-state index in [4.69, 9.17) is 4.74 Å². The van der Waals surface area contributed by atoms with Crippen molar-refractivity contribution < 1.29 is 4.74 Å². The number of nitrogens with zero attached hydrogens (tertiary/aromatic N) is 2. The zero-order valence-electron chi connectivity index (χ0n) is 13.3. The first-order valence-corrected chi connectivity index (χ1v) is 7.92. The zero-order valence-corrected chi connectivity index (χ0v) is 14.9. The predicted octanol–water partition coefficient (Wildman–Crippen LogP) is 4.01. The van der Waals surface area contributed by atoms with E-state index in [-0.39, 0.29) is 11.5 Å². The molecule has 1 unspecified atom stereocenters. The van der Waals surface area contributed by atoms with Crippen molar-refractivity contribution in [1.29, 1.82) is 0 Å². The smallest absolute Gasteiger partial charge is 0.137 e. The summed E-state index contributed by atoms with van der Waals surface area (Å²) < 4.78 is 6.34. The van der Waals surface area contributed by atoms with Gasteiger partial charge in [0.05, 0.1) is 12.6 Å². The van der Waals surface area contributed by atoms with E-state index in [0.29, 0.717) is 12.5 Å². The molecule has 0 aliphatic carbocycles. The molecule has 0 bridgehead atoms. The van der Waals surface area contributed by atoms with Crippen molar-refractivity contribution in [2.24, 2.45) is 5.92 Å². The average Bonchev–Trinajstić information content (AvgIpc) is 2.32. The van der Waals surface area contributed by atoms with Crippen molar-refractivity contribution in [2.45, 2.75) is 53.0 Å². The van der Waals surface area contributed by atoms with Crippen molar-refractivity contribution in [1.82, 2.24) is 9.97 Å². The summed E-state index contributed by atoms with van der Waals surface area (Å²) in [6.07, 6.45) is 0. The summed E-state index contributed by atoms with van der Waals surface area (Å²) >= 11 is 3.46. The van der Waals surface area contributed by atoms with Crippen molar-refractivity contribution in [3.05, 3.63) is 16.5 Å². The highest BCUT2D eigenvalue weighted by Gasteiger charge is 2.20. The van der Waals surface area contributed by atoms with E-state index in [2.05, 4.69) is 65.8 Å². The Morgan fingerprint density at radius 2 is 1.95 bits per heavy atom. The van der Waals surface area contributed by atoms with Gasteiger partial charge < -0.3 is 10.1 Å². The molecule has 1 heterocycles. The van der Waals surface area contributed by atoms with E-state index in [1.807, 2.05) is 13.0 Å². The summed E-state index contributed by atoms with van der Waals surface area (Å²) in [5.41, 5.74) is -0.0759. The van der Waals surface area contributed by atoms with Gasteiger partial charge in [0.15, 0.2) is 0 Å². The first-order valence-electron chi connectivity index (χ1n) is 7.13. The van der Waals surface area contributed by atoms with Crippen LogP contribution in [-0.4, -0.2) is 29.2 Å². The van der Waals surface area contributed by atoms with Gasteiger partial charge in [-0.15, -0.1) is 0 Å². The fraction of sp³-hybridized carbons (Fsp3) is 0.733. The Morgan fingerprint density at radius 3 is 2.45 bits per heavy atom. The van der Waals surface area contributed by atoms with Gasteiger partial charge in [-0.1, -0.05) is 34.6 Å². The third-order valence-corrected chi connectivity index (χ3v) is 3.41. The van der Waals surface area contributed by atoms with Gasteiger partial charge in [0.25, 0.3) is 0 Å². The van der Waals surface area contributed by atoms with Gasteiger partial charge in [0.1, 0.15) is 16.2 Å². The van der Waals surface area contributed by atoms with Crippen molar-refractivity contribution >= 4 is 21.7 Å². The highest BCUT2D eigenvalue weighted by atomic mass is 79.9. The van der Waals surface area contributed by atoms with Gasteiger partial charge in [-0.3, -0.25) is 0 Å². The van der Waals surface area contributed by atoms with Crippen LogP contribution >= 0.6 is 15.9 Å². The van der Waals surface area contributed by atoms with E-state index >= 15 is 0 Å². The first kappa shape index (κ1) is 17.4. The number of hydrogen-bond acceptors (Lipinski definition) is 4. The van der Waals surface area contributed by atoms with E-state index < -0.39 is 0 Å². The maximum absolute atomic E-state index is 5.54. The Balaban J connectivity index is 2.92. The quantitative estimate of drug-likeness (QED) is 0.792. The molecule has 0 saturated carbocycles. The summed E-state index contributed by atoms with van der Waals surface area (Å²) in [4.78, 5) is 9.08. The van der Waals surface area contributed by atoms with Crippen molar-refractivity contribution in [3.8, 4) is 0 Å². The second kappa shape index (κ2) is 7.36. The Bertz CT molecular complexity index is 430. The molecule has 0 amide bonds. The van der Waals surface area contributed by atoms with Gasteiger partial charge in [-0.2, -0.15) is 0 Å². The molecule has 0 spiro atoms. The molecule has 0 radical (unpaired) electrons. The van der Waals surface area contributed by atoms with Gasteiger partial charge in [-0.25, -0.2) is 9.97 Å². The summed E-state index contributed by atoms with van der Waals surface area (Å²) in [6.45, 7) is 14.1. The molecular weight excluding hydrogens is 318 g/mol. The van der Waals surface area contributed by atoms with E-state index in [9.17, 15) is 0 Å². The first-order chi connectivity index (χ1) is 9.24. The average molecular weight is 344 g/mol. The predicted molar refractivity (Wildman–Crippen MR) is 87.2 cm³/mol. The largest absolute Gasteiger partial charge is 0.380 e. The zero-order chi connectivity index (χ0) is 15.3. The van der Waals surface area contributed by atoms with E-state index in [0.717, 1.165) is 22.9 Å². The topological polar surface area (TPSA) is 47.0 Å². The van der Waals surface area contributed by atoms with Crippen LogP contribution in [0.4, 0.5) is 5.82 Å². The lowest BCUT2D eigenvalue weighted by atomic mass is 9.96. The van der Waals surface area contributed by atoms with Crippen LogP contribution in [0.3, 0.4) is 0 Å². The monoisotopic (exact) mass is 343 g/mol. The number of hydrogen-bond donors (Lipinski definition) is 1. The van der Waals surface area contributed by atoms with Crippen LogP contribution in [-0.2, 0) is 10.2 Å². The van der Waals surface area contributed by atoms with Crippen LogP contribution in [0.1, 0.15) is 47.4 Å². The molecule has 1 N–H and O–H groups in total. The van der Waals surface area contributed by atoms with Gasteiger partial charge >= 0.3 is 0 Å². The fourth-order valence-electron chi connectivity index (χ4n) is 1.66. The molecule has 114 valence electrons. The maximum Gasteiger partial charge on any atom is 0.137 e. The summed E-state index contributed by atoms with van der Waals surface area (Å²) in [6, 6.07) is 2.15. The van der Waals surface area contributed by atoms with Gasteiger partial charge in [0.2, 0.25) is 0 Å². The molecule has 0 aliphatic rings.